The van der Waals surface area contributed by atoms with Crippen LogP contribution in [0.1, 0.15) is 18.4 Å². The zero-order chi connectivity index (χ0) is 13.5. The van der Waals surface area contributed by atoms with E-state index in [0.717, 1.165) is 25.1 Å². The summed E-state index contributed by atoms with van der Waals surface area (Å²) in [5.41, 5.74) is 1.03. The predicted octanol–water partition coefficient (Wildman–Crippen LogP) is 1.23. The monoisotopic (exact) mass is 334 g/mol. The molecule has 21 heavy (non-hydrogen) atoms. The van der Waals surface area contributed by atoms with Gasteiger partial charge in [-0.3, -0.25) is 14.7 Å². The SMILES string of the molecule is CNC1CCCN(CC(=O)NCc2cccnc2)C1.Cl.Cl. The summed E-state index contributed by atoms with van der Waals surface area (Å²) in [6.45, 7) is 3.00. The Kier molecular flexibility index (Phi) is 10.3. The molecule has 0 bridgehead atoms. The van der Waals surface area contributed by atoms with Crippen LogP contribution >= 0.6 is 24.8 Å². The number of nitrogens with one attached hydrogen (secondary N) is 2. The van der Waals surface area contributed by atoms with Crippen molar-refractivity contribution in [2.45, 2.75) is 25.4 Å². The minimum atomic E-state index is 0. The predicted molar refractivity (Wildman–Crippen MR) is 89.1 cm³/mol. The molecular weight excluding hydrogens is 311 g/mol. The Labute approximate surface area is 138 Å². The second-order valence-corrected chi connectivity index (χ2v) is 5.00. The highest BCUT2D eigenvalue weighted by Crippen LogP contribution is 2.08. The first-order valence-electron chi connectivity index (χ1n) is 6.83. The molecular formula is C14H24Cl2N4O. The second kappa shape index (κ2) is 10.8. The smallest absolute Gasteiger partial charge is 0.234 e. The molecule has 1 fully saturated rings. The van der Waals surface area contributed by atoms with E-state index in [0.29, 0.717) is 19.1 Å². The molecule has 120 valence electrons. The van der Waals surface area contributed by atoms with Crippen molar-refractivity contribution in [2.24, 2.45) is 0 Å². The molecule has 1 aromatic rings. The van der Waals surface area contributed by atoms with Crippen LogP contribution in [0.3, 0.4) is 0 Å². The van der Waals surface area contributed by atoms with Gasteiger partial charge in [0.15, 0.2) is 0 Å². The Morgan fingerprint density at radius 1 is 1.48 bits per heavy atom. The van der Waals surface area contributed by atoms with Gasteiger partial charge in [-0.25, -0.2) is 0 Å². The number of rotatable bonds is 5. The molecule has 1 aromatic heterocycles. The standard InChI is InChI=1S/C14H22N4O.2ClH/c1-15-13-5-3-7-18(10-13)11-14(19)17-9-12-4-2-6-16-8-12;;/h2,4,6,8,13,15H,3,5,7,9-11H2,1H3,(H,17,19);2*1H. The van der Waals surface area contributed by atoms with Crippen molar-refractivity contribution in [1.82, 2.24) is 20.5 Å². The molecule has 2 N–H and O–H groups in total. The van der Waals surface area contributed by atoms with Gasteiger partial charge in [0.05, 0.1) is 6.54 Å². The quantitative estimate of drug-likeness (QED) is 0.850. The lowest BCUT2D eigenvalue weighted by Gasteiger charge is -2.31. The minimum absolute atomic E-state index is 0. The number of amides is 1. The topological polar surface area (TPSA) is 57.3 Å². The van der Waals surface area contributed by atoms with Crippen LogP contribution in [0, 0.1) is 0 Å². The van der Waals surface area contributed by atoms with Gasteiger partial charge >= 0.3 is 0 Å². The minimum Gasteiger partial charge on any atom is -0.351 e. The number of pyridine rings is 1. The van der Waals surface area contributed by atoms with E-state index in [4.69, 9.17) is 0 Å². The molecule has 7 heteroatoms. The molecule has 2 heterocycles. The number of hydrogen-bond donors (Lipinski definition) is 2. The average Bonchev–Trinajstić information content (AvgIpc) is 2.46. The van der Waals surface area contributed by atoms with Crippen molar-refractivity contribution in [3.8, 4) is 0 Å². The summed E-state index contributed by atoms with van der Waals surface area (Å²) in [6, 6.07) is 4.36. The van der Waals surface area contributed by atoms with Crippen molar-refractivity contribution in [1.29, 1.82) is 0 Å². The first kappa shape index (κ1) is 20.1. The molecule has 0 saturated carbocycles. The largest absolute Gasteiger partial charge is 0.351 e. The summed E-state index contributed by atoms with van der Waals surface area (Å²) < 4.78 is 0. The number of halogens is 2. The highest BCUT2D eigenvalue weighted by molar-refractivity contribution is 5.85. The number of piperidine rings is 1. The van der Waals surface area contributed by atoms with Crippen molar-refractivity contribution >= 4 is 30.7 Å². The van der Waals surface area contributed by atoms with E-state index in [2.05, 4.69) is 20.5 Å². The van der Waals surface area contributed by atoms with Gasteiger partial charge < -0.3 is 10.6 Å². The summed E-state index contributed by atoms with van der Waals surface area (Å²) in [5, 5.41) is 6.22. The zero-order valence-electron chi connectivity index (χ0n) is 12.2. The number of likely N-dealkylation sites (N-methyl/N-ethyl adjacent to an activating group) is 1. The van der Waals surface area contributed by atoms with Crippen molar-refractivity contribution in [2.75, 3.05) is 26.7 Å². The van der Waals surface area contributed by atoms with Crippen LogP contribution in [0.25, 0.3) is 0 Å². The van der Waals surface area contributed by atoms with Crippen LogP contribution in [0.2, 0.25) is 0 Å². The Bertz CT molecular complexity index is 405. The van der Waals surface area contributed by atoms with Crippen LogP contribution in [0.5, 0.6) is 0 Å². The molecule has 1 saturated heterocycles. The lowest BCUT2D eigenvalue weighted by Crippen LogP contribution is -2.47. The molecule has 1 aliphatic heterocycles. The summed E-state index contributed by atoms with van der Waals surface area (Å²) in [5.74, 6) is 0.0839. The normalized spacial score (nSPS) is 18.2. The Balaban J connectivity index is 0.00000200. The Hall–Kier alpha value is -0.880. The Morgan fingerprint density at radius 2 is 2.29 bits per heavy atom. The van der Waals surface area contributed by atoms with Crippen molar-refractivity contribution in [3.05, 3.63) is 30.1 Å². The maximum Gasteiger partial charge on any atom is 0.234 e. The van der Waals surface area contributed by atoms with E-state index in [9.17, 15) is 4.79 Å². The summed E-state index contributed by atoms with van der Waals surface area (Å²) in [6.07, 6.45) is 5.86. The molecule has 1 aliphatic rings. The molecule has 5 nitrogen and oxygen atoms in total. The fourth-order valence-electron chi connectivity index (χ4n) is 2.40. The van der Waals surface area contributed by atoms with Gasteiger partial charge in [0.2, 0.25) is 5.91 Å². The molecule has 0 aromatic carbocycles. The van der Waals surface area contributed by atoms with E-state index < -0.39 is 0 Å². The highest BCUT2D eigenvalue weighted by atomic mass is 35.5. The van der Waals surface area contributed by atoms with Crippen LogP contribution in [0.15, 0.2) is 24.5 Å². The van der Waals surface area contributed by atoms with Crippen molar-refractivity contribution < 1.29 is 4.79 Å². The number of carbonyl (C=O) groups is 1. The van der Waals surface area contributed by atoms with Crippen molar-refractivity contribution in [3.63, 3.8) is 0 Å². The molecule has 0 aliphatic carbocycles. The van der Waals surface area contributed by atoms with Gasteiger partial charge in [-0.05, 0) is 38.1 Å². The maximum absolute atomic E-state index is 11.9. The van der Waals surface area contributed by atoms with Gasteiger partial charge in [0.25, 0.3) is 0 Å². The fraction of sp³-hybridized carbons (Fsp3) is 0.571. The lowest BCUT2D eigenvalue weighted by molar-refractivity contribution is -0.122. The third-order valence-electron chi connectivity index (χ3n) is 3.49. The van der Waals surface area contributed by atoms with Crippen LogP contribution in [0.4, 0.5) is 0 Å². The average molecular weight is 335 g/mol. The van der Waals surface area contributed by atoms with Crippen LogP contribution < -0.4 is 10.6 Å². The highest BCUT2D eigenvalue weighted by Gasteiger charge is 2.19. The summed E-state index contributed by atoms with van der Waals surface area (Å²) >= 11 is 0. The molecule has 1 atom stereocenters. The maximum atomic E-state index is 11.9. The number of hydrogen-bond acceptors (Lipinski definition) is 4. The van der Waals surface area contributed by atoms with Crippen LogP contribution in [-0.4, -0.2) is 48.5 Å². The van der Waals surface area contributed by atoms with E-state index in [1.807, 2.05) is 19.2 Å². The van der Waals surface area contributed by atoms with E-state index in [1.54, 1.807) is 12.4 Å². The first-order chi connectivity index (χ1) is 9.28. The van der Waals surface area contributed by atoms with Gasteiger partial charge in [0, 0.05) is 31.5 Å². The second-order valence-electron chi connectivity index (χ2n) is 5.00. The number of nitrogens with zero attached hydrogens (tertiary/aromatic N) is 2. The summed E-state index contributed by atoms with van der Waals surface area (Å²) in [4.78, 5) is 18.1. The van der Waals surface area contributed by atoms with Gasteiger partial charge in [-0.1, -0.05) is 6.07 Å². The van der Waals surface area contributed by atoms with Crippen LogP contribution in [-0.2, 0) is 11.3 Å². The molecule has 0 radical (unpaired) electrons. The van der Waals surface area contributed by atoms with Gasteiger partial charge in [0.1, 0.15) is 0 Å². The molecule has 1 amide bonds. The number of carbonyl (C=O) groups excluding carboxylic acids is 1. The summed E-state index contributed by atoms with van der Waals surface area (Å²) in [7, 11) is 1.98. The molecule has 1 unspecified atom stereocenters. The number of likely N-dealkylation sites (tertiary alicyclic amines) is 1. The van der Waals surface area contributed by atoms with Gasteiger partial charge in [-0.15, -0.1) is 24.8 Å². The molecule has 2 rings (SSSR count). The third kappa shape index (κ3) is 7.09. The lowest BCUT2D eigenvalue weighted by atomic mass is 10.1. The van der Waals surface area contributed by atoms with Gasteiger partial charge in [-0.2, -0.15) is 0 Å². The Morgan fingerprint density at radius 3 is 2.95 bits per heavy atom. The van der Waals surface area contributed by atoms with E-state index >= 15 is 0 Å². The molecule has 0 spiro atoms. The third-order valence-corrected chi connectivity index (χ3v) is 3.49. The number of aromatic nitrogens is 1. The fourth-order valence-corrected chi connectivity index (χ4v) is 2.40. The van der Waals surface area contributed by atoms with E-state index in [-0.39, 0.29) is 30.7 Å². The van der Waals surface area contributed by atoms with E-state index in [1.165, 1.54) is 6.42 Å². The zero-order valence-corrected chi connectivity index (χ0v) is 13.9. The first-order valence-corrected chi connectivity index (χ1v) is 6.83.